The highest BCUT2D eigenvalue weighted by molar-refractivity contribution is 6.05. The normalized spacial score (nSPS) is 20.1. The highest BCUT2D eigenvalue weighted by atomic mass is 16.1. The maximum Gasteiger partial charge on any atom is 0.150 e. The Morgan fingerprint density at radius 2 is 2.00 bits per heavy atom. The van der Waals surface area contributed by atoms with Crippen LogP contribution in [0.5, 0.6) is 0 Å². The van der Waals surface area contributed by atoms with E-state index < -0.39 is 0 Å². The van der Waals surface area contributed by atoms with Crippen molar-refractivity contribution in [2.45, 2.75) is 38.5 Å². The number of hydrogen-bond acceptors (Lipinski definition) is 2. The van der Waals surface area contributed by atoms with Crippen molar-refractivity contribution in [2.75, 3.05) is 6.54 Å². The van der Waals surface area contributed by atoms with Crippen molar-refractivity contribution in [2.24, 2.45) is 10.9 Å². The van der Waals surface area contributed by atoms with Crippen LogP contribution in [-0.4, -0.2) is 18.5 Å². The maximum absolute atomic E-state index is 10.9. The molecule has 0 spiro atoms. The molecule has 1 aromatic rings. The topological polar surface area (TPSA) is 29.4 Å². The minimum absolute atomic E-state index is 0.625. The summed E-state index contributed by atoms with van der Waals surface area (Å²) in [5.41, 5.74) is 4.67. The molecule has 0 radical (unpaired) electrons. The predicted octanol–water partition coefficient (Wildman–Crippen LogP) is 3.42. The summed E-state index contributed by atoms with van der Waals surface area (Å²) in [4.78, 5) is 15.7. The van der Waals surface area contributed by atoms with Crippen molar-refractivity contribution >= 4 is 12.0 Å². The number of nitrogens with zero attached hydrogens (tertiary/aromatic N) is 1. The van der Waals surface area contributed by atoms with E-state index in [2.05, 4.69) is 6.07 Å². The molecule has 1 aliphatic heterocycles. The Hall–Kier alpha value is -1.44. The average molecular weight is 241 g/mol. The van der Waals surface area contributed by atoms with Crippen LogP contribution in [0.15, 0.2) is 23.2 Å². The van der Waals surface area contributed by atoms with Gasteiger partial charge in [-0.05, 0) is 36.5 Å². The Morgan fingerprint density at radius 1 is 1.17 bits per heavy atom. The van der Waals surface area contributed by atoms with E-state index in [9.17, 15) is 4.79 Å². The molecule has 0 aromatic heterocycles. The molecule has 1 aromatic carbocycles. The lowest BCUT2D eigenvalue weighted by molar-refractivity contribution is 0.112. The van der Waals surface area contributed by atoms with E-state index in [1.807, 2.05) is 12.1 Å². The Morgan fingerprint density at radius 3 is 2.78 bits per heavy atom. The fraction of sp³-hybridized carbons (Fsp3) is 0.500. The zero-order chi connectivity index (χ0) is 12.4. The Bertz CT molecular complexity index is 484. The SMILES string of the molecule is O=Cc1ccc2c(c1)C(C1CCCCC1)=NCC2. The van der Waals surface area contributed by atoms with Gasteiger partial charge in [-0.2, -0.15) is 0 Å². The monoisotopic (exact) mass is 241 g/mol. The Labute approximate surface area is 108 Å². The fourth-order valence-electron chi connectivity index (χ4n) is 3.23. The minimum atomic E-state index is 0.625. The summed E-state index contributed by atoms with van der Waals surface area (Å²) in [5.74, 6) is 0.625. The number of rotatable bonds is 2. The van der Waals surface area contributed by atoms with E-state index in [0.29, 0.717) is 5.92 Å². The van der Waals surface area contributed by atoms with Crippen LogP contribution < -0.4 is 0 Å². The number of carbonyl (C=O) groups excluding carboxylic acids is 1. The summed E-state index contributed by atoms with van der Waals surface area (Å²) in [6, 6.07) is 6.07. The summed E-state index contributed by atoms with van der Waals surface area (Å²) in [6.07, 6.45) is 8.51. The molecule has 1 heterocycles. The summed E-state index contributed by atoms with van der Waals surface area (Å²) < 4.78 is 0. The first-order valence-electron chi connectivity index (χ1n) is 7.01. The van der Waals surface area contributed by atoms with Crippen molar-refractivity contribution in [3.63, 3.8) is 0 Å². The second-order valence-corrected chi connectivity index (χ2v) is 5.39. The number of hydrogen-bond donors (Lipinski definition) is 0. The van der Waals surface area contributed by atoms with Gasteiger partial charge in [0, 0.05) is 23.7 Å². The molecule has 3 rings (SSSR count). The average Bonchev–Trinajstić information content (AvgIpc) is 2.47. The number of aldehydes is 1. The lowest BCUT2D eigenvalue weighted by Crippen LogP contribution is -2.24. The van der Waals surface area contributed by atoms with Crippen LogP contribution in [0, 0.1) is 5.92 Å². The van der Waals surface area contributed by atoms with Crippen LogP contribution in [0.1, 0.15) is 53.6 Å². The number of fused-ring (bicyclic) bond motifs is 1. The lowest BCUT2D eigenvalue weighted by atomic mass is 9.80. The molecule has 0 unspecified atom stereocenters. The van der Waals surface area contributed by atoms with Crippen LogP contribution >= 0.6 is 0 Å². The molecule has 0 atom stereocenters. The molecule has 2 nitrogen and oxygen atoms in total. The third-order valence-corrected chi connectivity index (χ3v) is 4.20. The van der Waals surface area contributed by atoms with Crippen LogP contribution in [0.2, 0.25) is 0 Å². The molecule has 2 aliphatic rings. The lowest BCUT2D eigenvalue weighted by Gasteiger charge is -2.27. The predicted molar refractivity (Wildman–Crippen MR) is 73.5 cm³/mol. The van der Waals surface area contributed by atoms with E-state index in [4.69, 9.17) is 4.99 Å². The third-order valence-electron chi connectivity index (χ3n) is 4.20. The zero-order valence-electron chi connectivity index (χ0n) is 10.7. The van der Waals surface area contributed by atoms with Gasteiger partial charge in [0.05, 0.1) is 0 Å². The van der Waals surface area contributed by atoms with Crippen LogP contribution in [0.3, 0.4) is 0 Å². The van der Waals surface area contributed by atoms with E-state index in [1.165, 1.54) is 48.9 Å². The number of carbonyl (C=O) groups is 1. The highest BCUT2D eigenvalue weighted by Crippen LogP contribution is 2.30. The number of benzene rings is 1. The van der Waals surface area contributed by atoms with Crippen LogP contribution in [0.4, 0.5) is 0 Å². The largest absolute Gasteiger partial charge is 0.298 e. The standard InChI is InChI=1S/C16H19NO/c18-11-12-6-7-13-8-9-17-16(15(13)10-12)14-4-2-1-3-5-14/h6-7,10-11,14H,1-5,8-9H2. The second-order valence-electron chi connectivity index (χ2n) is 5.39. The number of aliphatic imine (C=N–C) groups is 1. The van der Waals surface area contributed by atoms with Gasteiger partial charge in [-0.25, -0.2) is 0 Å². The maximum atomic E-state index is 10.9. The molecule has 2 heteroatoms. The molecule has 1 fully saturated rings. The second kappa shape index (κ2) is 5.05. The van der Waals surface area contributed by atoms with Crippen molar-refractivity contribution in [3.05, 3.63) is 34.9 Å². The van der Waals surface area contributed by atoms with Crippen LogP contribution in [0.25, 0.3) is 0 Å². The van der Waals surface area contributed by atoms with E-state index >= 15 is 0 Å². The van der Waals surface area contributed by atoms with E-state index in [1.54, 1.807) is 0 Å². The summed E-state index contributed by atoms with van der Waals surface area (Å²) in [7, 11) is 0. The summed E-state index contributed by atoms with van der Waals surface area (Å²) >= 11 is 0. The molecule has 0 amide bonds. The Kier molecular flexibility index (Phi) is 3.26. The van der Waals surface area contributed by atoms with Gasteiger partial charge >= 0.3 is 0 Å². The van der Waals surface area contributed by atoms with E-state index in [0.717, 1.165) is 24.8 Å². The molecule has 1 aliphatic carbocycles. The highest BCUT2D eigenvalue weighted by Gasteiger charge is 2.24. The fourth-order valence-corrected chi connectivity index (χ4v) is 3.23. The van der Waals surface area contributed by atoms with Gasteiger partial charge in [0.15, 0.2) is 0 Å². The smallest absolute Gasteiger partial charge is 0.150 e. The van der Waals surface area contributed by atoms with Crippen molar-refractivity contribution in [3.8, 4) is 0 Å². The van der Waals surface area contributed by atoms with Gasteiger partial charge < -0.3 is 0 Å². The summed E-state index contributed by atoms with van der Waals surface area (Å²) in [6.45, 7) is 0.916. The molecular weight excluding hydrogens is 222 g/mol. The van der Waals surface area contributed by atoms with Crippen LogP contribution in [-0.2, 0) is 6.42 Å². The minimum Gasteiger partial charge on any atom is -0.298 e. The Balaban J connectivity index is 1.96. The van der Waals surface area contributed by atoms with Gasteiger partial charge in [0.25, 0.3) is 0 Å². The van der Waals surface area contributed by atoms with Gasteiger partial charge in [-0.1, -0.05) is 31.4 Å². The molecule has 0 saturated heterocycles. The van der Waals surface area contributed by atoms with Gasteiger partial charge in [0.2, 0.25) is 0 Å². The molecule has 0 bridgehead atoms. The molecule has 1 saturated carbocycles. The van der Waals surface area contributed by atoms with Gasteiger partial charge in [0.1, 0.15) is 6.29 Å². The molecular formula is C16H19NO. The first-order valence-corrected chi connectivity index (χ1v) is 7.01. The first kappa shape index (κ1) is 11.6. The molecule has 0 N–H and O–H groups in total. The van der Waals surface area contributed by atoms with Gasteiger partial charge in [-0.15, -0.1) is 0 Å². The molecule has 94 valence electrons. The first-order chi connectivity index (χ1) is 8.88. The van der Waals surface area contributed by atoms with Crippen molar-refractivity contribution < 1.29 is 4.79 Å². The van der Waals surface area contributed by atoms with Crippen molar-refractivity contribution in [1.82, 2.24) is 0 Å². The molecule has 18 heavy (non-hydrogen) atoms. The van der Waals surface area contributed by atoms with Gasteiger partial charge in [-0.3, -0.25) is 9.79 Å². The van der Waals surface area contributed by atoms with Crippen molar-refractivity contribution in [1.29, 1.82) is 0 Å². The summed E-state index contributed by atoms with van der Waals surface area (Å²) in [5, 5.41) is 0. The quantitative estimate of drug-likeness (QED) is 0.729. The third kappa shape index (κ3) is 2.12. The zero-order valence-corrected chi connectivity index (χ0v) is 10.7. The van der Waals surface area contributed by atoms with E-state index in [-0.39, 0.29) is 0 Å².